The number of anilines is 1. The van der Waals surface area contributed by atoms with E-state index in [1.807, 2.05) is 52.1 Å². The van der Waals surface area contributed by atoms with Gasteiger partial charge in [-0.05, 0) is 82.7 Å². The summed E-state index contributed by atoms with van der Waals surface area (Å²) >= 11 is 0. The average molecular weight is 544 g/mol. The molecule has 6 rings (SSSR count). The molecule has 1 saturated carbocycles. The second-order valence-electron chi connectivity index (χ2n) is 12.2. The molecule has 1 atom stereocenters. The van der Waals surface area contributed by atoms with Gasteiger partial charge in [-0.2, -0.15) is 0 Å². The van der Waals surface area contributed by atoms with E-state index in [-0.39, 0.29) is 11.9 Å². The number of ether oxygens (including phenoxy) is 1. The van der Waals surface area contributed by atoms with Crippen molar-refractivity contribution < 1.29 is 14.3 Å². The van der Waals surface area contributed by atoms with Crippen molar-refractivity contribution in [1.29, 1.82) is 0 Å². The minimum absolute atomic E-state index is 0.0652. The third-order valence-corrected chi connectivity index (χ3v) is 7.75. The Bertz CT molecular complexity index is 1610. The zero-order valence-corrected chi connectivity index (χ0v) is 23.6. The molecule has 1 aliphatic carbocycles. The lowest BCUT2D eigenvalue weighted by Gasteiger charge is -2.33. The molecule has 1 saturated heterocycles. The van der Waals surface area contributed by atoms with Crippen molar-refractivity contribution in [1.82, 2.24) is 29.3 Å². The first kappa shape index (κ1) is 26.2. The number of nitrogens with one attached hydrogen (secondary N) is 1. The summed E-state index contributed by atoms with van der Waals surface area (Å²) in [4.78, 5) is 37.2. The molecule has 0 bridgehead atoms. The second-order valence-corrected chi connectivity index (χ2v) is 12.2. The van der Waals surface area contributed by atoms with Gasteiger partial charge in [0, 0.05) is 55.6 Å². The Morgan fingerprint density at radius 2 is 1.95 bits per heavy atom. The van der Waals surface area contributed by atoms with Crippen molar-refractivity contribution >= 4 is 39.8 Å². The third-order valence-electron chi connectivity index (χ3n) is 7.75. The summed E-state index contributed by atoms with van der Waals surface area (Å²) in [5, 5.41) is 3.85. The van der Waals surface area contributed by atoms with Crippen molar-refractivity contribution in [2.24, 2.45) is 13.0 Å². The SMILES string of the molecule is Cn1c(-c2cc3c(N)ccnc3n2CC2CC2)nc2cc(C(=O)N3CCC[C@@H](NC(=O)OC(C)(C)C)C3)ccc21. The molecule has 2 amide bonds. The molecule has 1 aromatic carbocycles. The van der Waals surface area contributed by atoms with E-state index in [2.05, 4.69) is 25.5 Å². The van der Waals surface area contributed by atoms with Crippen LogP contribution in [-0.4, -0.2) is 60.7 Å². The summed E-state index contributed by atoms with van der Waals surface area (Å²) in [7, 11) is 2.00. The molecule has 0 radical (unpaired) electrons. The molecule has 2 aliphatic rings. The van der Waals surface area contributed by atoms with Gasteiger partial charge in [0.25, 0.3) is 5.91 Å². The van der Waals surface area contributed by atoms with Gasteiger partial charge < -0.3 is 29.8 Å². The van der Waals surface area contributed by atoms with Crippen LogP contribution in [0.3, 0.4) is 0 Å². The summed E-state index contributed by atoms with van der Waals surface area (Å²) in [6, 6.07) is 9.45. The smallest absolute Gasteiger partial charge is 0.407 e. The first-order chi connectivity index (χ1) is 19.1. The van der Waals surface area contributed by atoms with Gasteiger partial charge in [-0.1, -0.05) is 0 Å². The summed E-state index contributed by atoms with van der Waals surface area (Å²) in [5.74, 6) is 1.40. The molecule has 2 fully saturated rings. The number of carbonyl (C=O) groups is 2. The molecule has 1 aliphatic heterocycles. The van der Waals surface area contributed by atoms with Crippen molar-refractivity contribution in [3.8, 4) is 11.5 Å². The number of hydrogen-bond donors (Lipinski definition) is 2. The van der Waals surface area contributed by atoms with Gasteiger partial charge in [-0.25, -0.2) is 14.8 Å². The normalized spacial score (nSPS) is 17.9. The lowest BCUT2D eigenvalue weighted by molar-refractivity contribution is 0.0452. The maximum Gasteiger partial charge on any atom is 0.407 e. The van der Waals surface area contributed by atoms with E-state index in [4.69, 9.17) is 15.5 Å². The Balaban J connectivity index is 1.27. The Morgan fingerprint density at radius 1 is 1.15 bits per heavy atom. The number of aryl methyl sites for hydroxylation is 1. The number of alkyl carbamates (subject to hydrolysis) is 1. The Morgan fingerprint density at radius 3 is 2.70 bits per heavy atom. The van der Waals surface area contributed by atoms with Crippen LogP contribution in [0.15, 0.2) is 36.5 Å². The molecule has 210 valence electrons. The number of pyridine rings is 1. The zero-order valence-electron chi connectivity index (χ0n) is 23.6. The van der Waals surface area contributed by atoms with Gasteiger partial charge in [-0.3, -0.25) is 4.79 Å². The van der Waals surface area contributed by atoms with Crippen LogP contribution < -0.4 is 11.1 Å². The van der Waals surface area contributed by atoms with E-state index in [9.17, 15) is 9.59 Å². The number of nitrogens with two attached hydrogens (primary N) is 1. The van der Waals surface area contributed by atoms with Crippen LogP contribution >= 0.6 is 0 Å². The predicted octanol–water partition coefficient (Wildman–Crippen LogP) is 4.71. The lowest BCUT2D eigenvalue weighted by Crippen LogP contribution is -2.50. The van der Waals surface area contributed by atoms with E-state index in [1.54, 1.807) is 11.1 Å². The van der Waals surface area contributed by atoms with Crippen molar-refractivity contribution in [2.45, 2.75) is 64.6 Å². The number of fused-ring (bicyclic) bond motifs is 2. The van der Waals surface area contributed by atoms with Gasteiger partial charge in [0.05, 0.1) is 16.7 Å². The van der Waals surface area contributed by atoms with Crippen molar-refractivity contribution in [3.05, 3.63) is 42.1 Å². The monoisotopic (exact) mass is 543 g/mol. The third kappa shape index (κ3) is 5.10. The van der Waals surface area contributed by atoms with Gasteiger partial charge >= 0.3 is 6.09 Å². The number of nitrogen functional groups attached to an aromatic ring is 1. The summed E-state index contributed by atoms with van der Waals surface area (Å²) in [6.07, 6.45) is 5.36. The van der Waals surface area contributed by atoms with Crippen molar-refractivity contribution in [2.75, 3.05) is 18.8 Å². The Hall–Kier alpha value is -4.08. The summed E-state index contributed by atoms with van der Waals surface area (Å²) in [6.45, 7) is 7.48. The highest BCUT2D eigenvalue weighted by Crippen LogP contribution is 2.37. The minimum Gasteiger partial charge on any atom is -0.444 e. The van der Waals surface area contributed by atoms with Crippen LogP contribution in [0.25, 0.3) is 33.6 Å². The van der Waals surface area contributed by atoms with Crippen LogP contribution in [0, 0.1) is 5.92 Å². The average Bonchev–Trinajstić information content (AvgIpc) is 3.56. The first-order valence-electron chi connectivity index (χ1n) is 14.1. The van der Waals surface area contributed by atoms with Gasteiger partial charge in [-0.15, -0.1) is 0 Å². The number of nitrogens with zero attached hydrogens (tertiary/aromatic N) is 5. The quantitative estimate of drug-likeness (QED) is 0.376. The van der Waals surface area contributed by atoms with Crippen LogP contribution in [0.2, 0.25) is 0 Å². The number of imidazole rings is 1. The predicted molar refractivity (Wildman–Crippen MR) is 155 cm³/mol. The van der Waals surface area contributed by atoms with Gasteiger partial charge in [0.1, 0.15) is 11.2 Å². The Labute approximate surface area is 233 Å². The number of hydrogen-bond acceptors (Lipinski definition) is 6. The highest BCUT2D eigenvalue weighted by molar-refractivity contribution is 5.98. The molecule has 0 spiro atoms. The molecule has 10 heteroatoms. The van der Waals surface area contributed by atoms with Crippen LogP contribution in [-0.2, 0) is 18.3 Å². The van der Waals surface area contributed by atoms with Gasteiger partial charge in [0.15, 0.2) is 5.82 Å². The minimum atomic E-state index is -0.569. The van der Waals surface area contributed by atoms with E-state index in [0.29, 0.717) is 30.3 Å². The number of benzene rings is 1. The summed E-state index contributed by atoms with van der Waals surface area (Å²) in [5.41, 5.74) is 10.6. The topological polar surface area (TPSA) is 120 Å². The molecule has 0 unspecified atom stereocenters. The van der Waals surface area contributed by atoms with Crippen LogP contribution in [0.1, 0.15) is 56.8 Å². The molecule has 40 heavy (non-hydrogen) atoms. The molecular formula is C30H37N7O3. The van der Waals surface area contributed by atoms with E-state index < -0.39 is 11.7 Å². The molecule has 4 heterocycles. The van der Waals surface area contributed by atoms with Crippen LogP contribution in [0.4, 0.5) is 10.5 Å². The zero-order chi connectivity index (χ0) is 28.2. The lowest BCUT2D eigenvalue weighted by atomic mass is 10.0. The molecule has 3 aromatic heterocycles. The number of aromatic nitrogens is 4. The van der Waals surface area contributed by atoms with Crippen LogP contribution in [0.5, 0.6) is 0 Å². The number of carbonyl (C=O) groups excluding carboxylic acids is 2. The van der Waals surface area contributed by atoms with E-state index >= 15 is 0 Å². The maximum absolute atomic E-state index is 13.5. The number of piperidine rings is 1. The fraction of sp³-hybridized carbons (Fsp3) is 0.467. The molecule has 10 nitrogen and oxygen atoms in total. The number of rotatable bonds is 5. The van der Waals surface area contributed by atoms with E-state index in [0.717, 1.165) is 53.0 Å². The largest absolute Gasteiger partial charge is 0.444 e. The highest BCUT2D eigenvalue weighted by atomic mass is 16.6. The first-order valence-corrected chi connectivity index (χ1v) is 14.1. The molecule has 3 N–H and O–H groups in total. The summed E-state index contributed by atoms with van der Waals surface area (Å²) < 4.78 is 9.71. The second kappa shape index (κ2) is 9.83. The maximum atomic E-state index is 13.5. The Kier molecular flexibility index (Phi) is 6.43. The molecule has 4 aromatic rings. The standard InChI is InChI=1S/C30H37N7O3/c1-30(2,3)40-29(39)33-20-6-5-13-36(17-20)28(38)19-9-10-24-23(14-19)34-27(35(24)4)25-15-21-22(31)11-12-32-26(21)37(25)16-18-7-8-18/h9-12,14-15,18,20H,5-8,13,16-17H2,1-4H3,(H2,31,32)(H,33,39)/t20-/m1/s1. The number of likely N-dealkylation sites (tertiary alicyclic amines) is 1. The fourth-order valence-electron chi connectivity index (χ4n) is 5.60. The highest BCUT2D eigenvalue weighted by Gasteiger charge is 2.29. The van der Waals surface area contributed by atoms with Gasteiger partial charge in [0.2, 0.25) is 0 Å². The van der Waals surface area contributed by atoms with Crippen molar-refractivity contribution in [3.63, 3.8) is 0 Å². The number of amides is 2. The molecular weight excluding hydrogens is 506 g/mol. The van der Waals surface area contributed by atoms with E-state index in [1.165, 1.54) is 12.8 Å². The fourth-order valence-corrected chi connectivity index (χ4v) is 5.60.